The van der Waals surface area contributed by atoms with Crippen molar-refractivity contribution in [2.75, 3.05) is 29.4 Å². The van der Waals surface area contributed by atoms with Gasteiger partial charge in [-0.05, 0) is 18.2 Å². The number of amides is 3. The summed E-state index contributed by atoms with van der Waals surface area (Å²) in [6, 6.07) is 4.10. The molecule has 7 nitrogen and oxygen atoms in total. The van der Waals surface area contributed by atoms with Crippen molar-refractivity contribution in [2.45, 2.75) is 38.7 Å². The van der Waals surface area contributed by atoms with Crippen molar-refractivity contribution < 1.29 is 23.5 Å². The molecule has 0 bridgehead atoms. The van der Waals surface area contributed by atoms with E-state index in [1.807, 2.05) is 4.90 Å². The summed E-state index contributed by atoms with van der Waals surface area (Å²) in [7, 11) is 0. The molecule has 2 aliphatic rings. The molecule has 0 aliphatic carbocycles. The van der Waals surface area contributed by atoms with Gasteiger partial charge in [0, 0.05) is 51.0 Å². The standard InChI is InChI=1S/C18H22FN3O4/c1-2-17(24)26-13-5-8-21(9-6-13)15-4-3-12(11-14(15)19)22-10-7-16(23)20-18(22)25/h3-4,11,13H,2,5-10H2,1H3,(H,20,23,25). The number of anilines is 2. The Morgan fingerprint density at radius 3 is 2.62 bits per heavy atom. The van der Waals surface area contributed by atoms with Crippen molar-refractivity contribution in [2.24, 2.45) is 0 Å². The van der Waals surface area contributed by atoms with E-state index >= 15 is 0 Å². The van der Waals surface area contributed by atoms with Crippen molar-refractivity contribution >= 4 is 29.3 Å². The van der Waals surface area contributed by atoms with Crippen LogP contribution in [0.15, 0.2) is 18.2 Å². The van der Waals surface area contributed by atoms with Gasteiger partial charge in [-0.3, -0.25) is 19.8 Å². The van der Waals surface area contributed by atoms with E-state index in [1.165, 1.54) is 11.0 Å². The molecule has 0 unspecified atom stereocenters. The number of rotatable bonds is 4. The first-order valence-electron chi connectivity index (χ1n) is 8.83. The van der Waals surface area contributed by atoms with Crippen LogP contribution in [0.2, 0.25) is 0 Å². The monoisotopic (exact) mass is 363 g/mol. The van der Waals surface area contributed by atoms with Crippen LogP contribution in [-0.4, -0.2) is 43.6 Å². The van der Waals surface area contributed by atoms with Crippen molar-refractivity contribution in [1.82, 2.24) is 5.32 Å². The smallest absolute Gasteiger partial charge is 0.328 e. The molecule has 2 fully saturated rings. The molecule has 0 aromatic heterocycles. The zero-order valence-corrected chi connectivity index (χ0v) is 14.7. The first-order chi connectivity index (χ1) is 12.5. The van der Waals surface area contributed by atoms with Crippen LogP contribution < -0.4 is 15.1 Å². The highest BCUT2D eigenvalue weighted by atomic mass is 19.1. The molecule has 1 aromatic rings. The van der Waals surface area contributed by atoms with Gasteiger partial charge < -0.3 is 9.64 Å². The summed E-state index contributed by atoms with van der Waals surface area (Å²) < 4.78 is 19.9. The summed E-state index contributed by atoms with van der Waals surface area (Å²) in [6.45, 7) is 3.18. The van der Waals surface area contributed by atoms with Gasteiger partial charge in [0.05, 0.1) is 5.69 Å². The predicted octanol–water partition coefficient (Wildman–Crippen LogP) is 2.19. The molecular formula is C18H22FN3O4. The predicted molar refractivity (Wildman–Crippen MR) is 93.5 cm³/mol. The first kappa shape index (κ1) is 18.2. The molecule has 0 spiro atoms. The number of imide groups is 1. The highest BCUT2D eigenvalue weighted by molar-refractivity contribution is 6.05. The fraction of sp³-hybridized carbons (Fsp3) is 0.500. The molecule has 1 aromatic carbocycles. The van der Waals surface area contributed by atoms with Gasteiger partial charge in [-0.2, -0.15) is 0 Å². The van der Waals surface area contributed by atoms with E-state index in [-0.39, 0.29) is 30.9 Å². The van der Waals surface area contributed by atoms with Crippen molar-refractivity contribution in [3.8, 4) is 0 Å². The third-order valence-corrected chi connectivity index (χ3v) is 4.67. The highest BCUT2D eigenvalue weighted by Crippen LogP contribution is 2.28. The summed E-state index contributed by atoms with van der Waals surface area (Å²) in [4.78, 5) is 37.7. The van der Waals surface area contributed by atoms with Gasteiger partial charge in [0.2, 0.25) is 5.91 Å². The zero-order valence-electron chi connectivity index (χ0n) is 14.7. The maximum atomic E-state index is 14.6. The molecule has 0 radical (unpaired) electrons. The molecule has 2 heterocycles. The lowest BCUT2D eigenvalue weighted by Gasteiger charge is -2.34. The molecule has 0 saturated carbocycles. The van der Waals surface area contributed by atoms with Crippen LogP contribution in [0.3, 0.4) is 0 Å². The Kier molecular flexibility index (Phi) is 5.39. The number of hydrogen-bond acceptors (Lipinski definition) is 5. The highest BCUT2D eigenvalue weighted by Gasteiger charge is 2.27. The average Bonchev–Trinajstić information content (AvgIpc) is 2.62. The molecule has 2 aliphatic heterocycles. The Morgan fingerprint density at radius 2 is 2.00 bits per heavy atom. The van der Waals surface area contributed by atoms with Gasteiger partial charge in [-0.1, -0.05) is 6.92 Å². The fourth-order valence-corrected chi connectivity index (χ4v) is 3.21. The van der Waals surface area contributed by atoms with Gasteiger partial charge >= 0.3 is 12.0 Å². The second-order valence-electron chi connectivity index (χ2n) is 6.42. The number of ether oxygens (including phenoxy) is 1. The molecule has 8 heteroatoms. The average molecular weight is 363 g/mol. The summed E-state index contributed by atoms with van der Waals surface area (Å²) in [5, 5.41) is 2.22. The second-order valence-corrected chi connectivity index (χ2v) is 6.42. The van der Waals surface area contributed by atoms with E-state index in [2.05, 4.69) is 5.32 Å². The van der Waals surface area contributed by atoms with E-state index < -0.39 is 11.8 Å². The Labute approximate surface area is 151 Å². The summed E-state index contributed by atoms with van der Waals surface area (Å²) in [6.07, 6.45) is 1.74. The first-order valence-corrected chi connectivity index (χ1v) is 8.83. The Bertz CT molecular complexity index is 716. The summed E-state index contributed by atoms with van der Waals surface area (Å²) >= 11 is 0. The fourth-order valence-electron chi connectivity index (χ4n) is 3.21. The molecule has 1 N–H and O–H groups in total. The van der Waals surface area contributed by atoms with E-state index in [9.17, 15) is 18.8 Å². The lowest BCUT2D eigenvalue weighted by Crippen LogP contribution is -2.49. The lowest BCUT2D eigenvalue weighted by molar-refractivity contribution is -0.149. The maximum absolute atomic E-state index is 14.6. The van der Waals surface area contributed by atoms with Crippen molar-refractivity contribution in [3.63, 3.8) is 0 Å². The van der Waals surface area contributed by atoms with Crippen LogP contribution in [0.4, 0.5) is 20.6 Å². The minimum atomic E-state index is -0.535. The topological polar surface area (TPSA) is 79.0 Å². The number of nitrogens with one attached hydrogen (secondary N) is 1. The number of urea groups is 1. The van der Waals surface area contributed by atoms with E-state index in [0.29, 0.717) is 43.7 Å². The van der Waals surface area contributed by atoms with E-state index in [0.717, 1.165) is 0 Å². The number of carbonyl (C=O) groups is 3. The minimum absolute atomic E-state index is 0.115. The van der Waals surface area contributed by atoms with E-state index in [1.54, 1.807) is 19.1 Å². The molecule has 2 saturated heterocycles. The third-order valence-electron chi connectivity index (χ3n) is 4.67. The minimum Gasteiger partial charge on any atom is -0.462 e. The Balaban J connectivity index is 1.64. The maximum Gasteiger partial charge on any atom is 0.328 e. The molecule has 3 amide bonds. The SMILES string of the molecule is CCC(=O)OC1CCN(c2ccc(N3CCC(=O)NC3=O)cc2F)CC1. The lowest BCUT2D eigenvalue weighted by atomic mass is 10.1. The van der Waals surface area contributed by atoms with Crippen LogP contribution in [0.25, 0.3) is 0 Å². The number of hydrogen-bond donors (Lipinski definition) is 1. The number of nitrogens with zero attached hydrogens (tertiary/aromatic N) is 2. The van der Waals surface area contributed by atoms with Crippen LogP contribution >= 0.6 is 0 Å². The largest absolute Gasteiger partial charge is 0.462 e. The van der Waals surface area contributed by atoms with Gasteiger partial charge in [0.25, 0.3) is 0 Å². The van der Waals surface area contributed by atoms with Gasteiger partial charge in [0.1, 0.15) is 11.9 Å². The van der Waals surface area contributed by atoms with Gasteiger partial charge in [0.15, 0.2) is 0 Å². The molecular weight excluding hydrogens is 341 g/mol. The molecule has 140 valence electrons. The van der Waals surface area contributed by atoms with Crippen LogP contribution in [0.5, 0.6) is 0 Å². The van der Waals surface area contributed by atoms with Crippen LogP contribution in [0, 0.1) is 5.82 Å². The Hall–Kier alpha value is -2.64. The number of carbonyl (C=O) groups excluding carboxylic acids is 3. The number of piperidine rings is 1. The van der Waals surface area contributed by atoms with Gasteiger partial charge in [-0.25, -0.2) is 9.18 Å². The van der Waals surface area contributed by atoms with Crippen molar-refractivity contribution in [1.29, 1.82) is 0 Å². The van der Waals surface area contributed by atoms with Gasteiger partial charge in [-0.15, -0.1) is 0 Å². The summed E-state index contributed by atoms with van der Waals surface area (Å²) in [5.41, 5.74) is 0.880. The third kappa shape index (κ3) is 3.95. The molecule has 26 heavy (non-hydrogen) atoms. The van der Waals surface area contributed by atoms with Crippen LogP contribution in [0.1, 0.15) is 32.6 Å². The molecule has 3 rings (SSSR count). The zero-order chi connectivity index (χ0) is 18.7. The Morgan fingerprint density at radius 1 is 1.27 bits per heavy atom. The number of halogens is 1. The summed E-state index contributed by atoms with van der Waals surface area (Å²) in [5.74, 6) is -0.955. The van der Waals surface area contributed by atoms with Crippen molar-refractivity contribution in [3.05, 3.63) is 24.0 Å². The number of esters is 1. The quantitative estimate of drug-likeness (QED) is 0.830. The number of benzene rings is 1. The van der Waals surface area contributed by atoms with Crippen LogP contribution in [-0.2, 0) is 14.3 Å². The van der Waals surface area contributed by atoms with E-state index in [4.69, 9.17) is 4.74 Å². The normalized spacial score (nSPS) is 18.7. The molecule has 0 atom stereocenters. The second kappa shape index (κ2) is 7.72.